The van der Waals surface area contributed by atoms with Crippen molar-refractivity contribution in [2.75, 3.05) is 51.6 Å². The van der Waals surface area contributed by atoms with E-state index in [1.54, 1.807) is 0 Å². The molecule has 0 aliphatic rings. The summed E-state index contributed by atoms with van der Waals surface area (Å²) in [6, 6.07) is 0. The van der Waals surface area contributed by atoms with Gasteiger partial charge in [0, 0.05) is 6.42 Å². The van der Waals surface area contributed by atoms with E-state index < -0.39 is 0 Å². The minimum Gasteiger partial charge on any atom is -0.369 e. The second-order valence-corrected chi connectivity index (χ2v) is 6.76. The highest BCUT2D eigenvalue weighted by molar-refractivity contribution is 5.76. The van der Waals surface area contributed by atoms with Crippen molar-refractivity contribution in [2.24, 2.45) is 17.2 Å². The Bertz CT molecular complexity index is 1300. The van der Waals surface area contributed by atoms with E-state index in [1.807, 2.05) is 43.2 Å². The lowest BCUT2D eigenvalue weighted by atomic mass is 10.6. The molecule has 0 saturated heterocycles. The van der Waals surface area contributed by atoms with Gasteiger partial charge in [-0.25, -0.2) is 0 Å². The molecular formula is C21H42N30O4. The third kappa shape index (κ3) is 60.1. The highest BCUT2D eigenvalue weighted by Crippen LogP contribution is 1.98. The molecule has 0 spiro atoms. The number of aromatic nitrogens is 9. The minimum absolute atomic E-state index is 0.0417. The predicted octanol–water partition coefficient (Wildman–Crippen LogP) is -7.25. The summed E-state index contributed by atoms with van der Waals surface area (Å²) in [7, 11) is 0. The summed E-state index contributed by atoms with van der Waals surface area (Å²) in [5, 5.41) is 47.6. The van der Waals surface area contributed by atoms with E-state index in [1.165, 1.54) is 18.6 Å². The van der Waals surface area contributed by atoms with E-state index in [0.29, 0.717) is 6.42 Å². The number of nitrogens with zero attached hydrogens (tertiary/aromatic N) is 12. The Balaban J connectivity index is -0.0000000968. The van der Waals surface area contributed by atoms with Crippen molar-refractivity contribution in [1.82, 2.24) is 60.8 Å². The summed E-state index contributed by atoms with van der Waals surface area (Å²) in [6.45, 7) is 7.81. The number of rotatable bonds is 1. The number of hydrogen-bond acceptors (Lipinski definition) is 28. The Hall–Kier alpha value is -9.81. The SMILES string of the molecule is C=O.C=O.C=O.CCC=O.N#CNC(=N)N.N#CNC(=N)N.N#CNC(=N)N.Nc1nc(N)nc(N)n1.Nc1nc(N)nc(N)n1.Nc1nc(N)nc(N)n1. The maximum Gasteiger partial charge on any atom is 0.226 e. The molecule has 0 aliphatic heterocycles. The van der Waals surface area contributed by atoms with Crippen LogP contribution in [0.5, 0.6) is 0 Å². The number of hydrogen-bond donors (Lipinski definition) is 18. The van der Waals surface area contributed by atoms with Crippen molar-refractivity contribution in [1.29, 1.82) is 32.0 Å². The average molecular weight is 779 g/mol. The van der Waals surface area contributed by atoms with E-state index in [4.69, 9.17) is 98.0 Å². The number of nitrogens with two attached hydrogens (primary N) is 12. The number of nitrogen functional groups attached to an aromatic ring is 9. The highest BCUT2D eigenvalue weighted by Gasteiger charge is 1.95. The number of carbonyl (C=O) groups is 4. The third-order valence-electron chi connectivity index (χ3n) is 2.80. The van der Waals surface area contributed by atoms with E-state index in [0.717, 1.165) is 6.29 Å². The fraction of sp³-hybridized carbons (Fsp3) is 0.0952. The van der Waals surface area contributed by atoms with E-state index in [-0.39, 0.29) is 71.4 Å². The molecule has 0 fully saturated rings. The van der Waals surface area contributed by atoms with E-state index >= 15 is 0 Å². The lowest BCUT2D eigenvalue weighted by Crippen LogP contribution is -2.25. The Morgan fingerprint density at radius 1 is 0.491 bits per heavy atom. The first-order valence-electron chi connectivity index (χ1n) is 12.6. The van der Waals surface area contributed by atoms with Crippen LogP contribution in [0.25, 0.3) is 0 Å². The Kier molecular flexibility index (Phi) is 48.6. The number of aldehydes is 1. The van der Waals surface area contributed by atoms with Gasteiger partial charge in [-0.2, -0.15) is 60.6 Å². The van der Waals surface area contributed by atoms with Crippen LogP contribution < -0.4 is 84.8 Å². The van der Waals surface area contributed by atoms with Gasteiger partial charge in [0.2, 0.25) is 53.5 Å². The van der Waals surface area contributed by atoms with Crippen LogP contribution in [-0.4, -0.2) is 89.4 Å². The summed E-state index contributed by atoms with van der Waals surface area (Å²) in [6.07, 6.45) is 5.92. The third-order valence-corrected chi connectivity index (χ3v) is 2.80. The van der Waals surface area contributed by atoms with Crippen LogP contribution in [0.15, 0.2) is 0 Å². The van der Waals surface area contributed by atoms with Crippen LogP contribution in [0.4, 0.5) is 53.5 Å². The fourth-order valence-electron chi connectivity index (χ4n) is 1.46. The molecule has 30 N–H and O–H groups in total. The molecule has 3 aromatic rings. The van der Waals surface area contributed by atoms with Gasteiger partial charge in [-0.05, 0) is 0 Å². The van der Waals surface area contributed by atoms with Gasteiger partial charge < -0.3 is 88.0 Å². The Morgan fingerprint density at radius 3 is 0.636 bits per heavy atom. The molecule has 0 aromatic carbocycles. The standard InChI is InChI=1S/3C3H6N6.C3H6O.3C2H4N4.3CH2O/c3*4-1-7-2(5)9-3(6)8-1;1-2-3-4;3*3-1-6-2(4)5;3*1-2/h3*(H6,4,5,6,7,8,9);3H,2H2,1H3;3*(H4,4,5,6);3*1H2. The van der Waals surface area contributed by atoms with Crippen molar-refractivity contribution in [3.63, 3.8) is 0 Å². The van der Waals surface area contributed by atoms with Crippen LogP contribution in [0.3, 0.4) is 0 Å². The first-order chi connectivity index (χ1) is 25.8. The summed E-state index contributed by atoms with van der Waals surface area (Å²) >= 11 is 0. The van der Waals surface area contributed by atoms with Gasteiger partial charge in [-0.15, -0.1) is 0 Å². The molecule has 0 unspecified atom stereocenters. The van der Waals surface area contributed by atoms with E-state index in [2.05, 4.69) is 62.1 Å². The molecule has 0 aliphatic carbocycles. The quantitative estimate of drug-likeness (QED) is 0.0359. The lowest BCUT2D eigenvalue weighted by molar-refractivity contribution is -0.107. The van der Waals surface area contributed by atoms with Gasteiger partial charge in [-0.3, -0.25) is 32.2 Å². The van der Waals surface area contributed by atoms with Crippen LogP contribution in [0.2, 0.25) is 0 Å². The van der Waals surface area contributed by atoms with Crippen molar-refractivity contribution in [2.45, 2.75) is 13.3 Å². The Morgan fingerprint density at radius 2 is 0.600 bits per heavy atom. The molecule has 34 nitrogen and oxygen atoms in total. The number of nitrogens with one attached hydrogen (secondary N) is 6. The summed E-state index contributed by atoms with van der Waals surface area (Å²) < 4.78 is 0. The minimum atomic E-state index is -0.322. The van der Waals surface area contributed by atoms with Gasteiger partial charge in [0.1, 0.15) is 26.7 Å². The molecule has 55 heavy (non-hydrogen) atoms. The zero-order chi connectivity index (χ0) is 44.9. The Labute approximate surface area is 311 Å². The molecule has 0 amide bonds. The van der Waals surface area contributed by atoms with Crippen molar-refractivity contribution >= 4 is 98.1 Å². The lowest BCUT2D eigenvalue weighted by Gasteiger charge is -1.93. The largest absolute Gasteiger partial charge is 0.369 e. The highest BCUT2D eigenvalue weighted by atomic mass is 16.1. The number of nitriles is 3. The first kappa shape index (κ1) is 60.5. The summed E-state index contributed by atoms with van der Waals surface area (Å²) in [5.74, 6) is -0.590. The normalized spacial score (nSPS) is 7.16. The van der Waals surface area contributed by atoms with Crippen molar-refractivity contribution in [3.8, 4) is 18.6 Å². The number of guanidine groups is 3. The smallest absolute Gasteiger partial charge is 0.226 e. The monoisotopic (exact) mass is 778 g/mol. The van der Waals surface area contributed by atoms with Gasteiger partial charge in [0.25, 0.3) is 0 Å². The molecule has 0 saturated carbocycles. The van der Waals surface area contributed by atoms with Gasteiger partial charge >= 0.3 is 0 Å². The second kappa shape index (κ2) is 44.2. The number of anilines is 9. The molecule has 3 rings (SSSR count). The maximum atomic E-state index is 9.17. The molecule has 34 heteroatoms. The molecule has 3 heterocycles. The average Bonchev–Trinajstić information content (AvgIpc) is 3.07. The molecule has 3 aromatic heterocycles. The summed E-state index contributed by atoms with van der Waals surface area (Å²) in [5.41, 5.74) is 60.2. The van der Waals surface area contributed by atoms with Gasteiger partial charge in [0.15, 0.2) is 36.5 Å². The fourth-order valence-corrected chi connectivity index (χ4v) is 1.46. The second-order valence-electron chi connectivity index (χ2n) is 6.76. The molecule has 300 valence electrons. The van der Waals surface area contributed by atoms with Gasteiger partial charge in [-0.1, -0.05) is 6.92 Å². The first-order valence-corrected chi connectivity index (χ1v) is 12.6. The number of carbonyl (C=O) groups excluding carboxylic acids is 4. The van der Waals surface area contributed by atoms with Crippen molar-refractivity contribution in [3.05, 3.63) is 0 Å². The molecular weight excluding hydrogens is 736 g/mol. The zero-order valence-corrected chi connectivity index (χ0v) is 28.8. The molecule has 0 atom stereocenters. The topological polar surface area (TPSA) is 676 Å². The zero-order valence-electron chi connectivity index (χ0n) is 28.8. The van der Waals surface area contributed by atoms with Crippen LogP contribution in [0, 0.1) is 50.6 Å². The van der Waals surface area contributed by atoms with Crippen LogP contribution >= 0.6 is 0 Å². The molecule has 0 radical (unpaired) electrons. The predicted molar refractivity (Wildman–Crippen MR) is 199 cm³/mol. The van der Waals surface area contributed by atoms with Gasteiger partial charge in [0.05, 0.1) is 0 Å². The van der Waals surface area contributed by atoms with Crippen LogP contribution in [0.1, 0.15) is 13.3 Å². The molecule has 0 bridgehead atoms. The maximum absolute atomic E-state index is 9.17. The summed E-state index contributed by atoms with van der Waals surface area (Å²) in [4.78, 5) is 64.6. The van der Waals surface area contributed by atoms with E-state index in [9.17, 15) is 4.79 Å². The van der Waals surface area contributed by atoms with Crippen LogP contribution in [-0.2, 0) is 19.2 Å². The van der Waals surface area contributed by atoms with Crippen molar-refractivity contribution < 1.29 is 19.2 Å².